The van der Waals surface area contributed by atoms with Crippen molar-refractivity contribution < 1.29 is 14.6 Å². The van der Waals surface area contributed by atoms with Crippen LogP contribution in [0.2, 0.25) is 18.6 Å². The third kappa shape index (κ3) is 6.63. The van der Waals surface area contributed by atoms with Crippen molar-refractivity contribution in [2.24, 2.45) is 0 Å². The zero-order chi connectivity index (χ0) is 12.6. The number of hydrogen-bond acceptors (Lipinski definition) is 3. The molecule has 0 heterocycles. The molecule has 0 aromatic heterocycles. The van der Waals surface area contributed by atoms with Crippen molar-refractivity contribution in [3.63, 3.8) is 0 Å². The second-order valence-corrected chi connectivity index (χ2v) is 9.07. The Hall–Kier alpha value is 0.0969. The summed E-state index contributed by atoms with van der Waals surface area (Å²) in [7, 11) is -0.212. The van der Waals surface area contributed by atoms with E-state index in [2.05, 4.69) is 20.4 Å². The Morgan fingerprint density at radius 3 is 1.62 bits per heavy atom. The minimum absolute atomic E-state index is 0.268. The molecule has 0 saturated carbocycles. The highest BCUT2D eigenvalue weighted by Crippen LogP contribution is 2.23. The number of hydrogen-bond donors (Lipinski definition) is 2. The molecule has 16 heavy (non-hydrogen) atoms. The van der Waals surface area contributed by atoms with E-state index >= 15 is 0 Å². The van der Waals surface area contributed by atoms with Gasteiger partial charge in [0.15, 0.2) is 8.32 Å². The molecule has 3 nitrogen and oxygen atoms in total. The molecule has 0 spiro atoms. The van der Waals surface area contributed by atoms with Crippen LogP contribution in [0.4, 0.5) is 0 Å². The van der Waals surface area contributed by atoms with E-state index in [0.29, 0.717) is 0 Å². The van der Waals surface area contributed by atoms with Crippen LogP contribution in [-0.2, 0) is 4.43 Å². The molecule has 0 aromatic rings. The summed E-state index contributed by atoms with van der Waals surface area (Å²) in [5.41, 5.74) is 0. The van der Waals surface area contributed by atoms with Gasteiger partial charge in [-0.15, -0.1) is 0 Å². The summed E-state index contributed by atoms with van der Waals surface area (Å²) in [6, 6.07) is 1.47. The molecular formula is C12H28O3Si. The lowest BCUT2D eigenvalue weighted by Gasteiger charge is -2.29. The van der Waals surface area contributed by atoms with Crippen LogP contribution in [0.1, 0.15) is 39.5 Å². The average Bonchev–Trinajstić information content (AvgIpc) is 2.17. The van der Waals surface area contributed by atoms with E-state index in [9.17, 15) is 10.2 Å². The smallest absolute Gasteiger partial charge is 0.194 e. The van der Waals surface area contributed by atoms with Crippen LogP contribution in [0.15, 0.2) is 0 Å². The molecule has 0 rings (SSSR count). The van der Waals surface area contributed by atoms with Crippen LogP contribution in [0.25, 0.3) is 0 Å². The Kier molecular flexibility index (Phi) is 8.28. The van der Waals surface area contributed by atoms with Gasteiger partial charge in [0.25, 0.3) is 0 Å². The lowest BCUT2D eigenvalue weighted by molar-refractivity contribution is 0.161. The van der Waals surface area contributed by atoms with Crippen molar-refractivity contribution in [2.75, 3.05) is 7.11 Å². The minimum atomic E-state index is -1.92. The van der Waals surface area contributed by atoms with Crippen molar-refractivity contribution in [1.29, 1.82) is 0 Å². The van der Waals surface area contributed by atoms with Crippen LogP contribution in [-0.4, -0.2) is 37.8 Å². The van der Waals surface area contributed by atoms with Gasteiger partial charge in [0.2, 0.25) is 0 Å². The van der Waals surface area contributed by atoms with E-state index in [0.717, 1.165) is 37.8 Å². The Bertz CT molecular complexity index is 162. The first-order valence-corrected chi connectivity index (χ1v) is 9.21. The van der Waals surface area contributed by atoms with Gasteiger partial charge in [-0.3, -0.25) is 0 Å². The number of aliphatic hydroxyl groups excluding tert-OH is 2. The summed E-state index contributed by atoms with van der Waals surface area (Å²) < 4.78 is 5.59. The Morgan fingerprint density at radius 1 is 1.00 bits per heavy atom. The summed E-state index contributed by atoms with van der Waals surface area (Å²) in [5.74, 6) is 0. The molecule has 0 saturated heterocycles. The average molecular weight is 248 g/mol. The van der Waals surface area contributed by atoms with Crippen molar-refractivity contribution in [2.45, 2.75) is 70.4 Å². The molecular weight excluding hydrogens is 220 g/mol. The molecule has 0 aliphatic carbocycles. The predicted molar refractivity (Wildman–Crippen MR) is 70.1 cm³/mol. The van der Waals surface area contributed by atoms with Gasteiger partial charge in [0.05, 0.1) is 12.2 Å². The van der Waals surface area contributed by atoms with Crippen molar-refractivity contribution >= 4 is 8.32 Å². The van der Waals surface area contributed by atoms with Gasteiger partial charge >= 0.3 is 0 Å². The second kappa shape index (κ2) is 8.23. The maximum absolute atomic E-state index is 9.83. The Morgan fingerprint density at radius 2 is 1.38 bits per heavy atom. The van der Waals surface area contributed by atoms with E-state index in [4.69, 9.17) is 4.43 Å². The normalized spacial score (nSPS) is 19.1. The van der Waals surface area contributed by atoms with E-state index in [1.54, 1.807) is 7.11 Å². The van der Waals surface area contributed by atoms with Crippen LogP contribution in [0, 0.1) is 0 Å². The topological polar surface area (TPSA) is 49.7 Å². The maximum atomic E-state index is 9.83. The molecule has 98 valence electrons. The van der Waals surface area contributed by atoms with Crippen LogP contribution in [0.5, 0.6) is 0 Å². The highest BCUT2D eigenvalue weighted by molar-refractivity contribution is 6.72. The van der Waals surface area contributed by atoms with Crippen molar-refractivity contribution in [3.8, 4) is 0 Å². The summed E-state index contributed by atoms with van der Waals surface area (Å²) in [6.45, 7) is 6.24. The Labute approximate surface area is 101 Å². The van der Waals surface area contributed by atoms with Crippen LogP contribution in [0.3, 0.4) is 0 Å². The van der Waals surface area contributed by atoms with Crippen molar-refractivity contribution in [1.82, 2.24) is 0 Å². The molecule has 4 heteroatoms. The monoisotopic (exact) mass is 248 g/mol. The first-order chi connectivity index (χ1) is 7.47. The number of aliphatic hydroxyl groups is 2. The molecule has 0 amide bonds. The third-order valence-electron chi connectivity index (χ3n) is 3.07. The third-order valence-corrected chi connectivity index (χ3v) is 6.73. The van der Waals surface area contributed by atoms with Crippen LogP contribution >= 0.6 is 0 Å². The first kappa shape index (κ1) is 16.1. The molecule has 0 aliphatic heterocycles. The first-order valence-electron chi connectivity index (χ1n) is 6.38. The van der Waals surface area contributed by atoms with Crippen LogP contribution < -0.4 is 0 Å². The second-order valence-electron chi connectivity index (χ2n) is 4.95. The van der Waals surface area contributed by atoms with Gasteiger partial charge in [0.1, 0.15) is 0 Å². The van der Waals surface area contributed by atoms with E-state index < -0.39 is 8.32 Å². The fourth-order valence-corrected chi connectivity index (χ4v) is 5.02. The van der Waals surface area contributed by atoms with E-state index in [1.165, 1.54) is 0 Å². The summed E-state index contributed by atoms with van der Waals surface area (Å²) in [5, 5.41) is 19.7. The molecule has 2 atom stereocenters. The fraction of sp³-hybridized carbons (Fsp3) is 1.00. The molecule has 0 aliphatic rings. The zero-order valence-electron chi connectivity index (χ0n) is 11.2. The van der Waals surface area contributed by atoms with Crippen molar-refractivity contribution in [3.05, 3.63) is 0 Å². The predicted octanol–water partition coefficient (Wildman–Crippen LogP) is 2.53. The summed E-state index contributed by atoms with van der Waals surface area (Å²) >= 11 is 0. The highest BCUT2D eigenvalue weighted by atomic mass is 28.4. The minimum Gasteiger partial charge on any atom is -0.420 e. The number of rotatable bonds is 9. The van der Waals surface area contributed by atoms with Gasteiger partial charge in [-0.2, -0.15) is 0 Å². The van der Waals surface area contributed by atoms with Gasteiger partial charge in [-0.25, -0.2) is 0 Å². The van der Waals surface area contributed by atoms with Gasteiger partial charge in [-0.1, -0.05) is 26.7 Å². The standard InChI is InChI=1S/C12H28O3Si/c1-5-7-11(13)9-16(4,15-3)10-12(14)8-6-2/h11-14H,5-10H2,1-4H3. The molecule has 2 N–H and O–H groups in total. The SMILES string of the molecule is CCCC(O)C[Si](C)(CC(O)CCC)OC. The highest BCUT2D eigenvalue weighted by Gasteiger charge is 2.32. The molecule has 2 unspecified atom stereocenters. The largest absolute Gasteiger partial charge is 0.420 e. The van der Waals surface area contributed by atoms with E-state index in [-0.39, 0.29) is 12.2 Å². The molecule has 0 bridgehead atoms. The molecule has 0 radical (unpaired) electrons. The quantitative estimate of drug-likeness (QED) is 0.617. The molecule has 0 aromatic carbocycles. The Balaban J connectivity index is 4.18. The maximum Gasteiger partial charge on any atom is 0.194 e. The zero-order valence-corrected chi connectivity index (χ0v) is 12.2. The van der Waals surface area contributed by atoms with Gasteiger partial charge in [-0.05, 0) is 31.5 Å². The van der Waals surface area contributed by atoms with Gasteiger partial charge in [0, 0.05) is 7.11 Å². The lowest BCUT2D eigenvalue weighted by atomic mass is 10.2. The van der Waals surface area contributed by atoms with E-state index in [1.807, 2.05) is 0 Å². The van der Waals surface area contributed by atoms with Gasteiger partial charge < -0.3 is 14.6 Å². The fourth-order valence-electron chi connectivity index (χ4n) is 2.12. The molecule has 0 fully saturated rings. The lowest BCUT2D eigenvalue weighted by Crippen LogP contribution is -2.40. The summed E-state index contributed by atoms with van der Waals surface area (Å²) in [6.07, 6.45) is 3.11. The summed E-state index contributed by atoms with van der Waals surface area (Å²) in [4.78, 5) is 0.